The summed E-state index contributed by atoms with van der Waals surface area (Å²) in [5.41, 5.74) is 0.518. The molecule has 0 bridgehead atoms. The lowest BCUT2D eigenvalue weighted by Crippen LogP contribution is -2.15. The highest BCUT2D eigenvalue weighted by molar-refractivity contribution is 7.90. The first kappa shape index (κ1) is 19.6. The molecule has 0 saturated carbocycles. The van der Waals surface area contributed by atoms with E-state index in [9.17, 15) is 18.0 Å². The van der Waals surface area contributed by atoms with Gasteiger partial charge in [-0.25, -0.2) is 18.4 Å². The molecule has 0 spiro atoms. The molecule has 1 aromatic carbocycles. The number of hydrogen-bond acceptors (Lipinski definition) is 10. The van der Waals surface area contributed by atoms with Crippen molar-refractivity contribution < 1.29 is 22.4 Å². The number of sulfone groups is 1. The van der Waals surface area contributed by atoms with E-state index in [0.29, 0.717) is 10.2 Å². The van der Waals surface area contributed by atoms with Gasteiger partial charge in [0.05, 0.1) is 21.3 Å². The van der Waals surface area contributed by atoms with Crippen LogP contribution < -0.4 is 10.6 Å². The lowest BCUT2D eigenvalue weighted by atomic mass is 10.3. The van der Waals surface area contributed by atoms with E-state index in [4.69, 9.17) is 4.42 Å². The van der Waals surface area contributed by atoms with E-state index in [1.165, 1.54) is 30.7 Å². The molecule has 0 aliphatic rings. The van der Waals surface area contributed by atoms with Gasteiger partial charge in [0.2, 0.25) is 0 Å². The molecule has 0 radical (unpaired) electrons. The number of carbonyl (C=O) groups excluding carboxylic acids is 2. The van der Waals surface area contributed by atoms with Crippen molar-refractivity contribution in [1.29, 1.82) is 0 Å². The van der Waals surface area contributed by atoms with Gasteiger partial charge in [0.15, 0.2) is 20.7 Å². The molecule has 0 aliphatic carbocycles. The van der Waals surface area contributed by atoms with Crippen molar-refractivity contribution in [2.45, 2.75) is 4.90 Å². The summed E-state index contributed by atoms with van der Waals surface area (Å²) in [5, 5.41) is 5.19. The van der Waals surface area contributed by atoms with Gasteiger partial charge in [-0.15, -0.1) is 0 Å². The molecule has 3 aromatic heterocycles. The van der Waals surface area contributed by atoms with Gasteiger partial charge in [-0.2, -0.15) is 4.98 Å². The largest absolute Gasteiger partial charge is 0.431 e. The van der Waals surface area contributed by atoms with Gasteiger partial charge in [0, 0.05) is 18.6 Å². The molecule has 0 aliphatic heterocycles. The average Bonchev–Trinajstić information content (AvgIpc) is 3.33. The van der Waals surface area contributed by atoms with Crippen LogP contribution in [0.5, 0.6) is 0 Å². The van der Waals surface area contributed by atoms with Gasteiger partial charge in [0.25, 0.3) is 11.8 Å². The van der Waals surface area contributed by atoms with E-state index in [1.54, 1.807) is 6.07 Å². The molecule has 2 N–H and O–H groups in total. The van der Waals surface area contributed by atoms with E-state index in [0.717, 1.165) is 23.9 Å². The number of benzene rings is 1. The zero-order chi connectivity index (χ0) is 21.3. The van der Waals surface area contributed by atoms with Gasteiger partial charge < -0.3 is 4.42 Å². The smallest absolute Gasteiger partial charge is 0.302 e. The number of hydrogen-bond donors (Lipinski definition) is 2. The Kier molecular flexibility index (Phi) is 4.97. The summed E-state index contributed by atoms with van der Waals surface area (Å²) in [7, 11) is -3.35. The maximum atomic E-state index is 12.4. The highest BCUT2D eigenvalue weighted by Gasteiger charge is 2.17. The minimum atomic E-state index is -3.35. The second-order valence-corrected chi connectivity index (χ2v) is 9.00. The predicted octanol–water partition coefficient (Wildman–Crippen LogP) is 1.98. The first-order valence-electron chi connectivity index (χ1n) is 8.24. The minimum absolute atomic E-state index is 0.0599. The van der Waals surface area contributed by atoms with Crippen molar-refractivity contribution in [3.63, 3.8) is 0 Å². The van der Waals surface area contributed by atoms with Crippen LogP contribution in [0.15, 0.2) is 52.4 Å². The van der Waals surface area contributed by atoms with E-state index >= 15 is 0 Å². The third-order valence-corrected chi connectivity index (χ3v) is 5.81. The Morgan fingerprint density at radius 3 is 2.60 bits per heavy atom. The summed E-state index contributed by atoms with van der Waals surface area (Å²) in [6.45, 7) is 0. The normalized spacial score (nSPS) is 11.4. The van der Waals surface area contributed by atoms with Crippen LogP contribution in [-0.2, 0) is 9.84 Å². The van der Waals surface area contributed by atoms with Gasteiger partial charge in [-0.05, 0) is 18.2 Å². The Balaban J connectivity index is 1.47. The van der Waals surface area contributed by atoms with Crippen LogP contribution >= 0.6 is 11.3 Å². The Labute approximate surface area is 173 Å². The number of amides is 2. The van der Waals surface area contributed by atoms with E-state index in [2.05, 4.69) is 30.6 Å². The number of fused-ring (bicyclic) bond motifs is 1. The van der Waals surface area contributed by atoms with E-state index in [-0.39, 0.29) is 27.4 Å². The van der Waals surface area contributed by atoms with Crippen LogP contribution in [0.4, 0.5) is 11.1 Å². The second kappa shape index (κ2) is 7.61. The fraction of sp³-hybridized carbons (Fsp3) is 0.0588. The summed E-state index contributed by atoms with van der Waals surface area (Å²) in [6, 6.07) is 4.33. The summed E-state index contributed by atoms with van der Waals surface area (Å²) in [6.07, 6.45) is 6.25. The highest BCUT2D eigenvalue weighted by Crippen LogP contribution is 2.28. The van der Waals surface area contributed by atoms with Crippen molar-refractivity contribution in [3.05, 3.63) is 54.4 Å². The number of anilines is 2. The van der Waals surface area contributed by atoms with Crippen molar-refractivity contribution in [1.82, 2.24) is 19.9 Å². The number of thiazole rings is 1. The molecule has 0 fully saturated rings. The van der Waals surface area contributed by atoms with Gasteiger partial charge in [0.1, 0.15) is 12.0 Å². The van der Waals surface area contributed by atoms with Crippen molar-refractivity contribution in [3.8, 4) is 0 Å². The van der Waals surface area contributed by atoms with Gasteiger partial charge in [-0.1, -0.05) is 11.3 Å². The SMILES string of the molecule is CS(=O)(=O)c1ccc2nc(NC(=O)c3coc(NC(=O)c4cnccn4)n3)sc2c1. The van der Waals surface area contributed by atoms with Crippen LogP contribution in [0.3, 0.4) is 0 Å². The number of nitrogens with zero attached hydrogens (tertiary/aromatic N) is 4. The maximum absolute atomic E-state index is 12.4. The van der Waals surface area contributed by atoms with Gasteiger partial charge >= 0.3 is 6.01 Å². The minimum Gasteiger partial charge on any atom is -0.431 e. The van der Waals surface area contributed by atoms with Crippen LogP contribution in [-0.4, -0.2) is 46.4 Å². The molecule has 30 heavy (non-hydrogen) atoms. The maximum Gasteiger partial charge on any atom is 0.302 e. The fourth-order valence-corrected chi connectivity index (χ4v) is 3.99. The summed E-state index contributed by atoms with van der Waals surface area (Å²) < 4.78 is 29.0. The highest BCUT2D eigenvalue weighted by atomic mass is 32.2. The molecular formula is C17H12N6O5S2. The molecule has 11 nitrogen and oxygen atoms in total. The quantitative estimate of drug-likeness (QED) is 0.469. The molecule has 2 amide bonds. The molecule has 0 unspecified atom stereocenters. The number of rotatable bonds is 5. The number of nitrogens with one attached hydrogen (secondary N) is 2. The fourth-order valence-electron chi connectivity index (χ4n) is 2.36. The molecule has 0 saturated heterocycles. The topological polar surface area (TPSA) is 157 Å². The lowest BCUT2D eigenvalue weighted by Gasteiger charge is -1.98. The standard InChI is InChI=1S/C17H12N6O5S2/c1-30(26,27)9-2-3-10-13(6-9)29-17(21-10)23-15(25)12-8-28-16(20-12)22-14(24)11-7-18-4-5-19-11/h2-8H,1H3,(H,20,22,24)(H,21,23,25). The third kappa shape index (κ3) is 4.16. The predicted molar refractivity (Wildman–Crippen MR) is 107 cm³/mol. The molecule has 4 aromatic rings. The zero-order valence-electron chi connectivity index (χ0n) is 15.2. The number of carbonyl (C=O) groups is 2. The van der Waals surface area contributed by atoms with Crippen LogP contribution in [0, 0.1) is 0 Å². The molecule has 4 rings (SSSR count). The molecular weight excluding hydrogens is 432 g/mol. The first-order valence-corrected chi connectivity index (χ1v) is 11.0. The molecule has 0 atom stereocenters. The lowest BCUT2D eigenvalue weighted by molar-refractivity contribution is 0.101. The molecule has 3 heterocycles. The zero-order valence-corrected chi connectivity index (χ0v) is 16.8. The van der Waals surface area contributed by atoms with Crippen molar-refractivity contribution in [2.24, 2.45) is 0 Å². The monoisotopic (exact) mass is 444 g/mol. The van der Waals surface area contributed by atoms with Crippen LogP contribution in [0.2, 0.25) is 0 Å². The van der Waals surface area contributed by atoms with Crippen LogP contribution in [0.1, 0.15) is 21.0 Å². The van der Waals surface area contributed by atoms with E-state index in [1.807, 2.05) is 0 Å². The molecule has 152 valence electrons. The Bertz CT molecular complexity index is 1360. The van der Waals surface area contributed by atoms with Crippen LogP contribution in [0.25, 0.3) is 10.2 Å². The summed E-state index contributed by atoms with van der Waals surface area (Å²) >= 11 is 1.11. The third-order valence-electron chi connectivity index (χ3n) is 3.76. The Hall–Kier alpha value is -3.71. The summed E-state index contributed by atoms with van der Waals surface area (Å²) in [5.74, 6) is -1.20. The second-order valence-electron chi connectivity index (χ2n) is 5.96. The first-order chi connectivity index (χ1) is 14.3. The average molecular weight is 444 g/mol. The van der Waals surface area contributed by atoms with E-state index < -0.39 is 21.7 Å². The molecule has 13 heteroatoms. The van der Waals surface area contributed by atoms with Gasteiger partial charge in [-0.3, -0.25) is 25.2 Å². The number of oxazole rings is 1. The number of aromatic nitrogens is 4. The van der Waals surface area contributed by atoms with Crippen molar-refractivity contribution >= 4 is 54.4 Å². The Morgan fingerprint density at radius 2 is 1.87 bits per heavy atom. The summed E-state index contributed by atoms with van der Waals surface area (Å²) in [4.78, 5) is 40.4. The van der Waals surface area contributed by atoms with Crippen molar-refractivity contribution in [2.75, 3.05) is 16.9 Å². The Morgan fingerprint density at radius 1 is 1.07 bits per heavy atom.